The Morgan fingerprint density at radius 2 is 2.00 bits per heavy atom. The van der Waals surface area contributed by atoms with E-state index in [0.717, 1.165) is 11.4 Å². The van der Waals surface area contributed by atoms with Crippen LogP contribution in [0.3, 0.4) is 0 Å². The normalized spacial score (nSPS) is 12.3. The SMILES string of the molecule is Br.CC[CH2][Zn]([CH3])(=[O])[O]C. The van der Waals surface area contributed by atoms with E-state index < -0.39 is 15.1 Å². The number of hydrogen-bond donors (Lipinski definition) is 0. The molecule has 0 fully saturated rings. The van der Waals surface area contributed by atoms with Crippen LogP contribution in [-0.2, 0) is 22.2 Å². The Bertz CT molecular complexity index is 105. The molecular formula is C5H14BrO2Zn. The molecule has 0 aromatic carbocycles. The Hall–Kier alpha value is 0.863. The van der Waals surface area contributed by atoms with Crippen molar-refractivity contribution >= 4 is 17.0 Å². The van der Waals surface area contributed by atoms with Crippen LogP contribution in [0.1, 0.15) is 13.3 Å². The number of halogens is 1. The third-order valence-electron chi connectivity index (χ3n) is 1.61. The van der Waals surface area contributed by atoms with Gasteiger partial charge in [-0.25, -0.2) is 0 Å². The summed E-state index contributed by atoms with van der Waals surface area (Å²) in [6.45, 7) is 2.02. The Labute approximate surface area is 70.2 Å². The summed E-state index contributed by atoms with van der Waals surface area (Å²) < 4.78 is 15.9. The predicted octanol–water partition coefficient (Wildman–Crippen LogP) is 2.50. The van der Waals surface area contributed by atoms with E-state index in [1.165, 1.54) is 0 Å². The van der Waals surface area contributed by atoms with Crippen LogP contribution < -0.4 is 0 Å². The first kappa shape index (κ1) is 12.5. The van der Waals surface area contributed by atoms with Gasteiger partial charge in [-0.3, -0.25) is 0 Å². The predicted molar refractivity (Wildman–Crippen MR) is 39.0 cm³/mol. The molecule has 0 aliphatic carbocycles. The average molecular weight is 251 g/mol. The van der Waals surface area contributed by atoms with E-state index in [9.17, 15) is 3.57 Å². The van der Waals surface area contributed by atoms with Gasteiger partial charge in [-0.1, -0.05) is 0 Å². The zero-order valence-corrected chi connectivity index (χ0v) is 11.0. The average Bonchev–Trinajstić information content (AvgIpc) is 1.67. The minimum atomic E-state index is -3.16. The molecule has 0 aliphatic rings. The van der Waals surface area contributed by atoms with Gasteiger partial charge >= 0.3 is 53.2 Å². The molecule has 0 radical (unpaired) electrons. The van der Waals surface area contributed by atoms with Crippen LogP contribution in [0.2, 0.25) is 10.5 Å². The van der Waals surface area contributed by atoms with E-state index in [4.69, 9.17) is 3.56 Å². The second-order valence-electron chi connectivity index (χ2n) is 2.75. The molecule has 0 heterocycles. The second kappa shape index (κ2) is 5.63. The van der Waals surface area contributed by atoms with Crippen molar-refractivity contribution in [2.75, 3.05) is 7.11 Å². The maximum absolute atomic E-state index is 11.1. The van der Waals surface area contributed by atoms with Crippen molar-refractivity contribution in [3.05, 3.63) is 0 Å². The molecule has 0 aliphatic heterocycles. The molecular weight excluding hydrogens is 237 g/mol. The molecule has 2 nitrogen and oxygen atoms in total. The number of rotatable bonds is 3. The first-order valence-electron chi connectivity index (χ1n) is 3.40. The molecule has 0 bridgehead atoms. The van der Waals surface area contributed by atoms with E-state index >= 15 is 0 Å². The van der Waals surface area contributed by atoms with Crippen molar-refractivity contribution in [1.29, 1.82) is 0 Å². The maximum atomic E-state index is 11.1. The molecule has 0 saturated heterocycles. The van der Waals surface area contributed by atoms with Gasteiger partial charge in [0.15, 0.2) is 0 Å². The molecule has 0 N–H and O–H groups in total. The molecule has 1 atom stereocenters. The monoisotopic (exact) mass is 249 g/mol. The molecule has 0 aromatic heterocycles. The summed E-state index contributed by atoms with van der Waals surface area (Å²) in [7, 11) is 1.54. The summed E-state index contributed by atoms with van der Waals surface area (Å²) >= 11 is -3.16. The standard InChI is InChI=1S/C3H7.CH3O.CH3.BrH.O.Zn/c1-3-2;1-2;;;;/h1,3H2,2H3;1H3;1H3;1H;;/q;-1;;;;+1. The zero-order valence-electron chi connectivity index (χ0n) is 6.35. The molecule has 0 aromatic rings. The van der Waals surface area contributed by atoms with Gasteiger partial charge in [-0.15, -0.1) is 17.0 Å². The van der Waals surface area contributed by atoms with Gasteiger partial charge in [0, 0.05) is 0 Å². The Morgan fingerprint density at radius 3 is 2.11 bits per heavy atom. The van der Waals surface area contributed by atoms with Gasteiger partial charge in [0.25, 0.3) is 0 Å². The third kappa shape index (κ3) is 6.75. The molecule has 0 spiro atoms. The van der Waals surface area contributed by atoms with Gasteiger partial charge in [0.05, 0.1) is 0 Å². The molecule has 55 valence electrons. The minimum absolute atomic E-state index is 0. The molecule has 0 amide bonds. The molecule has 4 heteroatoms. The Balaban J connectivity index is 0. The Morgan fingerprint density at radius 1 is 1.56 bits per heavy atom. The van der Waals surface area contributed by atoms with Gasteiger partial charge in [0.2, 0.25) is 0 Å². The summed E-state index contributed by atoms with van der Waals surface area (Å²) in [6.07, 6.45) is 0.980. The topological polar surface area (TPSA) is 26.3 Å². The van der Waals surface area contributed by atoms with Crippen molar-refractivity contribution in [1.82, 2.24) is 0 Å². The Kier molecular flexibility index (Phi) is 7.84. The van der Waals surface area contributed by atoms with Crippen LogP contribution >= 0.6 is 17.0 Å². The summed E-state index contributed by atoms with van der Waals surface area (Å²) in [5.74, 6) is 0. The zero-order chi connectivity index (χ0) is 6.62. The van der Waals surface area contributed by atoms with Crippen molar-refractivity contribution in [2.45, 2.75) is 23.9 Å². The first-order chi connectivity index (χ1) is 3.62. The number of hydrogen-bond acceptors (Lipinski definition) is 2. The van der Waals surface area contributed by atoms with Crippen molar-refractivity contribution in [2.24, 2.45) is 0 Å². The van der Waals surface area contributed by atoms with Crippen LogP contribution in [0.4, 0.5) is 0 Å². The molecule has 1 unspecified atom stereocenters. The summed E-state index contributed by atoms with van der Waals surface area (Å²) in [5.41, 5.74) is 1.77. The van der Waals surface area contributed by atoms with Crippen molar-refractivity contribution in [3.63, 3.8) is 0 Å². The fourth-order valence-electron chi connectivity index (χ4n) is 0.787. The fourth-order valence-corrected chi connectivity index (χ4v) is 4.09. The van der Waals surface area contributed by atoms with Crippen LogP contribution in [-0.4, -0.2) is 7.11 Å². The molecule has 0 saturated carbocycles. The summed E-state index contributed by atoms with van der Waals surface area (Å²) in [4.78, 5) is 0. The molecule has 0 rings (SSSR count). The van der Waals surface area contributed by atoms with E-state index in [0.29, 0.717) is 0 Å². The van der Waals surface area contributed by atoms with Crippen molar-refractivity contribution < 1.29 is 22.2 Å². The van der Waals surface area contributed by atoms with E-state index in [2.05, 4.69) is 0 Å². The summed E-state index contributed by atoms with van der Waals surface area (Å²) in [6, 6.07) is 0. The van der Waals surface area contributed by atoms with Crippen LogP contribution in [0.5, 0.6) is 0 Å². The van der Waals surface area contributed by atoms with E-state index in [1.807, 2.05) is 6.92 Å². The van der Waals surface area contributed by atoms with Gasteiger partial charge in [0.1, 0.15) is 0 Å². The quantitative estimate of drug-likeness (QED) is 0.721. The second-order valence-corrected chi connectivity index (χ2v) is 12.2. The third-order valence-corrected chi connectivity index (χ3v) is 8.35. The van der Waals surface area contributed by atoms with E-state index in [-0.39, 0.29) is 17.0 Å². The fraction of sp³-hybridized carbons (Fsp3) is 1.00. The van der Waals surface area contributed by atoms with Crippen LogP contribution in [0.15, 0.2) is 0 Å². The summed E-state index contributed by atoms with van der Waals surface area (Å²) in [5, 5.41) is 0.806. The van der Waals surface area contributed by atoms with Gasteiger partial charge in [-0.2, -0.15) is 0 Å². The molecule has 9 heavy (non-hydrogen) atoms. The van der Waals surface area contributed by atoms with Gasteiger partial charge < -0.3 is 0 Å². The van der Waals surface area contributed by atoms with Gasteiger partial charge in [-0.05, 0) is 0 Å². The van der Waals surface area contributed by atoms with Crippen molar-refractivity contribution in [3.8, 4) is 0 Å². The van der Waals surface area contributed by atoms with Crippen LogP contribution in [0, 0.1) is 0 Å². The van der Waals surface area contributed by atoms with Crippen LogP contribution in [0.25, 0.3) is 0 Å². The van der Waals surface area contributed by atoms with E-state index in [1.54, 1.807) is 12.6 Å². The first-order valence-corrected chi connectivity index (χ1v) is 10.9.